The smallest absolute Gasteiger partial charge is 0.187 e. The Hall–Kier alpha value is -0.400. The monoisotopic (exact) mass is 303 g/mol. The molecule has 3 rings (SSSR count). The zero-order chi connectivity index (χ0) is 13.2. The first-order valence-electron chi connectivity index (χ1n) is 6.60. The van der Waals surface area contributed by atoms with Gasteiger partial charge in [0.25, 0.3) is 0 Å². The summed E-state index contributed by atoms with van der Waals surface area (Å²) in [6.07, 6.45) is 1.16. The van der Waals surface area contributed by atoms with Crippen LogP contribution in [0.4, 0.5) is 5.13 Å². The highest BCUT2D eigenvalue weighted by atomic mass is 35.5. The van der Waals surface area contributed by atoms with Crippen molar-refractivity contribution >= 4 is 28.1 Å². The van der Waals surface area contributed by atoms with Gasteiger partial charge in [-0.2, -0.15) is 0 Å². The number of thiazole rings is 1. The molecule has 2 aliphatic heterocycles. The van der Waals surface area contributed by atoms with E-state index in [1.807, 2.05) is 0 Å². The topological polar surface area (TPSA) is 48.8 Å². The number of aromatic nitrogens is 1. The molecule has 2 aliphatic rings. The number of aliphatic hydroxyl groups is 1. The number of aliphatic hydroxyl groups excluding tert-OH is 1. The molecule has 106 valence electrons. The van der Waals surface area contributed by atoms with E-state index in [1.54, 1.807) is 0 Å². The number of rotatable bonds is 3. The Morgan fingerprint density at radius 3 is 2.84 bits per heavy atom. The Bertz CT molecular complexity index is 437. The second-order valence-corrected chi connectivity index (χ2v) is 6.33. The van der Waals surface area contributed by atoms with Crippen molar-refractivity contribution in [3.63, 3.8) is 0 Å². The number of hydrogen-bond donors (Lipinski definition) is 1. The number of morpholine rings is 1. The summed E-state index contributed by atoms with van der Waals surface area (Å²) in [6, 6.07) is 0.587. The van der Waals surface area contributed by atoms with Crippen LogP contribution in [0.15, 0.2) is 0 Å². The summed E-state index contributed by atoms with van der Waals surface area (Å²) < 4.78 is 5.39. The first-order valence-corrected chi connectivity index (χ1v) is 7.80. The third-order valence-electron chi connectivity index (χ3n) is 3.78. The lowest BCUT2D eigenvalue weighted by Crippen LogP contribution is -2.44. The fourth-order valence-electron chi connectivity index (χ4n) is 2.71. The van der Waals surface area contributed by atoms with E-state index in [1.165, 1.54) is 11.3 Å². The second kappa shape index (κ2) is 5.93. The molecule has 0 saturated carbocycles. The Kier molecular flexibility index (Phi) is 4.24. The molecule has 0 aromatic carbocycles. The van der Waals surface area contributed by atoms with Gasteiger partial charge in [0, 0.05) is 32.2 Å². The van der Waals surface area contributed by atoms with Crippen LogP contribution >= 0.6 is 22.9 Å². The molecule has 7 heteroatoms. The summed E-state index contributed by atoms with van der Waals surface area (Å²) in [5, 5.41) is 10.6. The lowest BCUT2D eigenvalue weighted by molar-refractivity contribution is 0.0209. The average Bonchev–Trinajstić information content (AvgIpc) is 3.06. The minimum Gasteiger partial charge on any atom is -0.391 e. The van der Waals surface area contributed by atoms with Gasteiger partial charge in [-0.3, -0.25) is 4.90 Å². The summed E-state index contributed by atoms with van der Waals surface area (Å²) in [6.45, 7) is 5.71. The van der Waals surface area contributed by atoms with E-state index >= 15 is 0 Å². The van der Waals surface area contributed by atoms with Gasteiger partial charge in [-0.05, 0) is 6.42 Å². The highest BCUT2D eigenvalue weighted by molar-refractivity contribution is 7.16. The molecule has 19 heavy (non-hydrogen) atoms. The zero-order valence-electron chi connectivity index (χ0n) is 10.7. The Morgan fingerprint density at radius 2 is 2.16 bits per heavy atom. The first kappa shape index (κ1) is 13.6. The maximum absolute atomic E-state index is 9.18. The summed E-state index contributed by atoms with van der Waals surface area (Å²) in [4.78, 5) is 9.88. The van der Waals surface area contributed by atoms with Crippen molar-refractivity contribution in [2.45, 2.75) is 19.1 Å². The van der Waals surface area contributed by atoms with Gasteiger partial charge in [0.15, 0.2) is 5.13 Å². The van der Waals surface area contributed by atoms with Crippen LogP contribution in [0.5, 0.6) is 0 Å². The molecule has 1 unspecified atom stereocenters. The third-order valence-corrected chi connectivity index (χ3v) is 5.30. The van der Waals surface area contributed by atoms with Crippen LogP contribution in [0.2, 0.25) is 5.15 Å². The molecule has 1 atom stereocenters. The largest absolute Gasteiger partial charge is 0.391 e. The minimum atomic E-state index is -0.0305. The van der Waals surface area contributed by atoms with Gasteiger partial charge in [0.1, 0.15) is 5.15 Å². The van der Waals surface area contributed by atoms with Gasteiger partial charge in [-0.15, -0.1) is 0 Å². The van der Waals surface area contributed by atoms with Crippen LogP contribution in [0.3, 0.4) is 0 Å². The number of anilines is 1. The lowest BCUT2D eigenvalue weighted by Gasteiger charge is -2.32. The summed E-state index contributed by atoms with van der Waals surface area (Å²) in [7, 11) is 0. The standard InChI is InChI=1S/C12H18ClN3O2S/c13-11-10(8-17)19-12(14-11)16-2-1-9(7-16)15-3-5-18-6-4-15/h9,17H,1-8H2. The Morgan fingerprint density at radius 1 is 1.37 bits per heavy atom. The molecule has 0 radical (unpaired) electrons. The van der Waals surface area contributed by atoms with E-state index < -0.39 is 0 Å². The number of hydrogen-bond acceptors (Lipinski definition) is 6. The van der Waals surface area contributed by atoms with Gasteiger partial charge in [-0.25, -0.2) is 4.98 Å². The normalized spacial score (nSPS) is 25.2. The van der Waals surface area contributed by atoms with Crippen LogP contribution in [0.1, 0.15) is 11.3 Å². The predicted octanol–water partition coefficient (Wildman–Crippen LogP) is 1.20. The van der Waals surface area contributed by atoms with Crippen LogP contribution in [0, 0.1) is 0 Å². The van der Waals surface area contributed by atoms with E-state index in [2.05, 4.69) is 14.8 Å². The minimum absolute atomic E-state index is 0.0305. The van der Waals surface area contributed by atoms with Gasteiger partial charge < -0.3 is 14.7 Å². The molecule has 5 nitrogen and oxygen atoms in total. The van der Waals surface area contributed by atoms with E-state index in [0.717, 1.165) is 55.8 Å². The third kappa shape index (κ3) is 2.87. The van der Waals surface area contributed by atoms with Crippen LogP contribution in [0.25, 0.3) is 0 Å². The lowest BCUT2D eigenvalue weighted by atomic mass is 10.2. The highest BCUT2D eigenvalue weighted by Gasteiger charge is 2.30. The van der Waals surface area contributed by atoms with E-state index in [9.17, 15) is 5.11 Å². The predicted molar refractivity (Wildman–Crippen MR) is 76.1 cm³/mol. The molecular formula is C12H18ClN3O2S. The second-order valence-electron chi connectivity index (χ2n) is 4.91. The van der Waals surface area contributed by atoms with Crippen LogP contribution < -0.4 is 4.90 Å². The van der Waals surface area contributed by atoms with Gasteiger partial charge in [0.05, 0.1) is 24.7 Å². The molecule has 0 spiro atoms. The average molecular weight is 304 g/mol. The molecule has 0 bridgehead atoms. The SMILES string of the molecule is OCc1sc(N2CCC(N3CCOCC3)C2)nc1Cl. The Balaban J connectivity index is 1.64. The summed E-state index contributed by atoms with van der Waals surface area (Å²) in [5.74, 6) is 0. The van der Waals surface area contributed by atoms with Gasteiger partial charge in [-0.1, -0.05) is 22.9 Å². The number of nitrogens with zero attached hydrogens (tertiary/aromatic N) is 3. The summed E-state index contributed by atoms with van der Waals surface area (Å²) in [5.41, 5.74) is 0. The van der Waals surface area contributed by atoms with Crippen molar-refractivity contribution in [2.24, 2.45) is 0 Å². The van der Waals surface area contributed by atoms with Crippen molar-refractivity contribution in [1.82, 2.24) is 9.88 Å². The van der Waals surface area contributed by atoms with Crippen LogP contribution in [-0.4, -0.2) is 60.4 Å². The van der Waals surface area contributed by atoms with E-state index in [0.29, 0.717) is 11.2 Å². The van der Waals surface area contributed by atoms with Crippen molar-refractivity contribution < 1.29 is 9.84 Å². The zero-order valence-corrected chi connectivity index (χ0v) is 12.3. The molecule has 2 fully saturated rings. The molecular weight excluding hydrogens is 286 g/mol. The maximum atomic E-state index is 9.18. The first-order chi connectivity index (χ1) is 9.28. The van der Waals surface area contributed by atoms with Crippen molar-refractivity contribution in [3.8, 4) is 0 Å². The molecule has 0 aliphatic carbocycles. The molecule has 1 aromatic heterocycles. The van der Waals surface area contributed by atoms with Crippen molar-refractivity contribution in [2.75, 3.05) is 44.3 Å². The summed E-state index contributed by atoms with van der Waals surface area (Å²) >= 11 is 7.49. The quantitative estimate of drug-likeness (QED) is 0.909. The molecule has 1 N–H and O–H groups in total. The van der Waals surface area contributed by atoms with Crippen LogP contribution in [-0.2, 0) is 11.3 Å². The maximum Gasteiger partial charge on any atom is 0.187 e. The fourth-order valence-corrected chi connectivity index (χ4v) is 3.86. The molecule has 0 amide bonds. The van der Waals surface area contributed by atoms with E-state index in [4.69, 9.17) is 16.3 Å². The molecule has 1 aromatic rings. The highest BCUT2D eigenvalue weighted by Crippen LogP contribution is 2.32. The number of halogens is 1. The van der Waals surface area contributed by atoms with Gasteiger partial charge >= 0.3 is 0 Å². The fraction of sp³-hybridized carbons (Fsp3) is 0.750. The van der Waals surface area contributed by atoms with Crippen molar-refractivity contribution in [3.05, 3.63) is 10.0 Å². The Labute approximate surface area is 121 Å². The van der Waals surface area contributed by atoms with E-state index in [-0.39, 0.29) is 6.61 Å². The number of ether oxygens (including phenoxy) is 1. The van der Waals surface area contributed by atoms with Gasteiger partial charge in [0.2, 0.25) is 0 Å². The van der Waals surface area contributed by atoms with Crippen molar-refractivity contribution in [1.29, 1.82) is 0 Å². The molecule has 3 heterocycles. The molecule has 2 saturated heterocycles.